The lowest BCUT2D eigenvalue weighted by molar-refractivity contribution is 0.240. The number of halogens is 1. The molecule has 0 unspecified atom stereocenters. The van der Waals surface area contributed by atoms with Crippen LogP contribution in [-0.2, 0) is 25.9 Å². The molecule has 4 rings (SSSR count). The molecule has 0 saturated heterocycles. The second kappa shape index (κ2) is 7.52. The molecule has 3 aromatic rings. The van der Waals surface area contributed by atoms with Crippen LogP contribution in [0.2, 0.25) is 5.02 Å². The topological polar surface area (TPSA) is 41.9 Å². The van der Waals surface area contributed by atoms with Crippen molar-refractivity contribution in [3.05, 3.63) is 76.5 Å². The van der Waals surface area contributed by atoms with Crippen molar-refractivity contribution < 1.29 is 0 Å². The maximum absolute atomic E-state index is 6.07. The first-order valence-electron chi connectivity index (χ1n) is 9.00. The fourth-order valence-electron chi connectivity index (χ4n) is 3.38. The number of hydrogen-bond acceptors (Lipinski definition) is 4. The summed E-state index contributed by atoms with van der Waals surface area (Å²) in [6.45, 7) is 4.77. The molecule has 0 N–H and O–H groups in total. The summed E-state index contributed by atoms with van der Waals surface area (Å²) in [5.41, 5.74) is 5.64. The van der Waals surface area contributed by atoms with Gasteiger partial charge in [0.25, 0.3) is 0 Å². The van der Waals surface area contributed by atoms with Gasteiger partial charge in [0.15, 0.2) is 0 Å². The summed E-state index contributed by atoms with van der Waals surface area (Å²) >= 11 is 6.07. The predicted octanol–water partition coefficient (Wildman–Crippen LogP) is 4.31. The van der Waals surface area contributed by atoms with Crippen LogP contribution in [0.4, 0.5) is 0 Å². The first-order chi connectivity index (χ1) is 12.7. The van der Waals surface area contributed by atoms with Crippen molar-refractivity contribution in [3.63, 3.8) is 0 Å². The molecule has 1 aliphatic heterocycles. The number of hydrogen-bond donors (Lipinski definition) is 0. The highest BCUT2D eigenvalue weighted by Crippen LogP contribution is 2.29. The van der Waals surface area contributed by atoms with E-state index in [0.717, 1.165) is 60.3 Å². The molecule has 1 aliphatic rings. The van der Waals surface area contributed by atoms with Crippen molar-refractivity contribution in [2.24, 2.45) is 0 Å². The van der Waals surface area contributed by atoms with Crippen LogP contribution in [0.25, 0.3) is 11.3 Å². The summed E-state index contributed by atoms with van der Waals surface area (Å²) in [5.74, 6) is 0.909. The standard InChI is InChI=1S/C21H21ClN4/c1-2-20-24-19-10-12-26(13-17-5-3-4-11-23-17)14-18(19)21(25-20)15-6-8-16(22)9-7-15/h3-9,11H,2,10,12-14H2,1H3. The van der Waals surface area contributed by atoms with Gasteiger partial charge in [-0.15, -0.1) is 0 Å². The third-order valence-electron chi connectivity index (χ3n) is 4.73. The van der Waals surface area contributed by atoms with Crippen LogP contribution in [0.15, 0.2) is 48.7 Å². The Bertz CT molecular complexity index is 894. The largest absolute Gasteiger partial charge is 0.293 e. The lowest BCUT2D eigenvalue weighted by atomic mass is 9.98. The van der Waals surface area contributed by atoms with E-state index in [1.807, 2.05) is 42.6 Å². The fourth-order valence-corrected chi connectivity index (χ4v) is 3.51. The zero-order valence-corrected chi connectivity index (χ0v) is 15.6. The second-order valence-corrected chi connectivity index (χ2v) is 6.99. The third-order valence-corrected chi connectivity index (χ3v) is 4.98. The van der Waals surface area contributed by atoms with E-state index in [-0.39, 0.29) is 0 Å². The van der Waals surface area contributed by atoms with Gasteiger partial charge in [0, 0.05) is 54.8 Å². The van der Waals surface area contributed by atoms with E-state index in [1.165, 1.54) is 11.3 Å². The van der Waals surface area contributed by atoms with Gasteiger partial charge in [-0.2, -0.15) is 0 Å². The monoisotopic (exact) mass is 364 g/mol. The van der Waals surface area contributed by atoms with Crippen LogP contribution in [0.1, 0.15) is 29.7 Å². The first-order valence-corrected chi connectivity index (χ1v) is 9.37. The zero-order chi connectivity index (χ0) is 17.9. The van der Waals surface area contributed by atoms with Crippen LogP contribution in [0, 0.1) is 0 Å². The normalized spacial score (nSPS) is 14.2. The highest BCUT2D eigenvalue weighted by atomic mass is 35.5. The van der Waals surface area contributed by atoms with Gasteiger partial charge < -0.3 is 0 Å². The smallest absolute Gasteiger partial charge is 0.129 e. The van der Waals surface area contributed by atoms with Gasteiger partial charge in [-0.05, 0) is 24.3 Å². The summed E-state index contributed by atoms with van der Waals surface area (Å²) in [7, 11) is 0. The molecule has 26 heavy (non-hydrogen) atoms. The van der Waals surface area contributed by atoms with Crippen molar-refractivity contribution in [3.8, 4) is 11.3 Å². The molecule has 3 heterocycles. The van der Waals surface area contributed by atoms with Gasteiger partial charge in [0.1, 0.15) is 5.82 Å². The van der Waals surface area contributed by atoms with E-state index >= 15 is 0 Å². The van der Waals surface area contributed by atoms with Crippen LogP contribution in [0.5, 0.6) is 0 Å². The molecule has 4 nitrogen and oxygen atoms in total. The SMILES string of the molecule is CCc1nc2c(c(-c3ccc(Cl)cc3)n1)CN(Cc1ccccn1)CC2. The molecule has 0 bridgehead atoms. The minimum atomic E-state index is 0.740. The van der Waals surface area contributed by atoms with Crippen molar-refractivity contribution in [1.82, 2.24) is 19.9 Å². The van der Waals surface area contributed by atoms with Crippen molar-refractivity contribution >= 4 is 11.6 Å². The number of pyridine rings is 1. The Morgan fingerprint density at radius 3 is 2.65 bits per heavy atom. The summed E-state index contributed by atoms with van der Waals surface area (Å²) in [5, 5.41) is 0.740. The number of aromatic nitrogens is 3. The van der Waals surface area contributed by atoms with Crippen molar-refractivity contribution in [2.45, 2.75) is 32.9 Å². The molecular weight excluding hydrogens is 344 g/mol. The lowest BCUT2D eigenvalue weighted by Crippen LogP contribution is -2.32. The van der Waals surface area contributed by atoms with Gasteiger partial charge in [0.2, 0.25) is 0 Å². The molecule has 0 fully saturated rings. The average molecular weight is 365 g/mol. The molecular formula is C21H21ClN4. The Kier molecular flexibility index (Phi) is 4.96. The average Bonchev–Trinajstić information content (AvgIpc) is 2.68. The summed E-state index contributed by atoms with van der Waals surface area (Å²) in [6.07, 6.45) is 3.63. The summed E-state index contributed by atoms with van der Waals surface area (Å²) < 4.78 is 0. The molecule has 0 aliphatic carbocycles. The zero-order valence-electron chi connectivity index (χ0n) is 14.8. The molecule has 132 valence electrons. The Hall–Kier alpha value is -2.30. The lowest BCUT2D eigenvalue weighted by Gasteiger charge is -2.29. The minimum absolute atomic E-state index is 0.740. The van der Waals surface area contributed by atoms with Crippen LogP contribution >= 0.6 is 11.6 Å². The van der Waals surface area contributed by atoms with E-state index < -0.39 is 0 Å². The maximum atomic E-state index is 6.07. The number of rotatable bonds is 4. The van der Waals surface area contributed by atoms with Crippen LogP contribution < -0.4 is 0 Å². The van der Waals surface area contributed by atoms with Crippen molar-refractivity contribution in [2.75, 3.05) is 6.54 Å². The highest BCUT2D eigenvalue weighted by Gasteiger charge is 2.23. The molecule has 0 saturated carbocycles. The van der Waals surface area contributed by atoms with Gasteiger partial charge in [-0.1, -0.05) is 36.7 Å². The highest BCUT2D eigenvalue weighted by molar-refractivity contribution is 6.30. The Morgan fingerprint density at radius 1 is 1.08 bits per heavy atom. The number of benzene rings is 1. The van der Waals surface area contributed by atoms with Gasteiger partial charge >= 0.3 is 0 Å². The van der Waals surface area contributed by atoms with E-state index in [4.69, 9.17) is 21.6 Å². The van der Waals surface area contributed by atoms with Gasteiger partial charge in [-0.3, -0.25) is 9.88 Å². The Labute approximate surface area is 158 Å². The van der Waals surface area contributed by atoms with E-state index in [1.54, 1.807) is 0 Å². The minimum Gasteiger partial charge on any atom is -0.293 e. The van der Waals surface area contributed by atoms with E-state index in [2.05, 4.69) is 22.9 Å². The number of aryl methyl sites for hydroxylation is 1. The molecule has 0 spiro atoms. The molecule has 2 aromatic heterocycles. The second-order valence-electron chi connectivity index (χ2n) is 6.56. The molecule has 0 atom stereocenters. The molecule has 1 aromatic carbocycles. The van der Waals surface area contributed by atoms with Gasteiger partial charge in [-0.25, -0.2) is 9.97 Å². The molecule has 5 heteroatoms. The van der Waals surface area contributed by atoms with Crippen molar-refractivity contribution in [1.29, 1.82) is 0 Å². The Balaban J connectivity index is 1.69. The first kappa shape index (κ1) is 17.1. The van der Waals surface area contributed by atoms with E-state index in [0.29, 0.717) is 0 Å². The fraction of sp³-hybridized carbons (Fsp3) is 0.286. The predicted molar refractivity (Wildman–Crippen MR) is 104 cm³/mol. The summed E-state index contributed by atoms with van der Waals surface area (Å²) in [6, 6.07) is 14.0. The quantitative estimate of drug-likeness (QED) is 0.691. The van der Waals surface area contributed by atoms with Gasteiger partial charge in [0.05, 0.1) is 17.1 Å². The molecule has 0 radical (unpaired) electrons. The Morgan fingerprint density at radius 2 is 1.92 bits per heavy atom. The molecule has 0 amide bonds. The number of nitrogens with zero attached hydrogens (tertiary/aromatic N) is 4. The van der Waals surface area contributed by atoms with Crippen LogP contribution in [-0.4, -0.2) is 26.4 Å². The van der Waals surface area contributed by atoms with Crippen LogP contribution in [0.3, 0.4) is 0 Å². The maximum Gasteiger partial charge on any atom is 0.129 e. The number of fused-ring (bicyclic) bond motifs is 1. The third kappa shape index (κ3) is 3.62. The van der Waals surface area contributed by atoms with E-state index in [9.17, 15) is 0 Å². The summed E-state index contributed by atoms with van der Waals surface area (Å²) in [4.78, 5) is 16.5.